The molecule has 0 fully saturated rings. The third-order valence-electron chi connectivity index (χ3n) is 6.08. The first-order valence-electron chi connectivity index (χ1n) is 9.04. The molecule has 0 heterocycles. The Labute approximate surface area is 164 Å². The smallest absolute Gasteiger partial charge is 0.147 e. The average Bonchev–Trinajstić information content (AvgIpc) is 2.93. The molecular weight excluding hydrogens is 430 g/mol. The van der Waals surface area contributed by atoms with Crippen LogP contribution >= 0.6 is 24.8 Å². The molecule has 0 amide bonds. The first kappa shape index (κ1) is 24.6. The van der Waals surface area contributed by atoms with Crippen molar-refractivity contribution in [1.29, 1.82) is 0 Å². The molecule has 2 aliphatic rings. The second-order valence-electron chi connectivity index (χ2n) is 8.09. The van der Waals surface area contributed by atoms with Gasteiger partial charge >= 0.3 is 141 Å². The zero-order valence-electron chi connectivity index (χ0n) is 16.4. The van der Waals surface area contributed by atoms with Gasteiger partial charge in [-0.05, 0) is 0 Å². The molecule has 0 aromatic rings. The summed E-state index contributed by atoms with van der Waals surface area (Å²) in [6.45, 7) is 16.8. The summed E-state index contributed by atoms with van der Waals surface area (Å²) >= 11 is -3.06. The quantitative estimate of drug-likeness (QED) is 0.371. The van der Waals surface area contributed by atoms with Crippen LogP contribution in [0.3, 0.4) is 0 Å². The van der Waals surface area contributed by atoms with E-state index in [9.17, 15) is 0 Å². The van der Waals surface area contributed by atoms with E-state index >= 15 is 0 Å². The molecular formula is C20H36Cl2SiZr. The van der Waals surface area contributed by atoms with Gasteiger partial charge in [0.15, 0.2) is 0 Å². The fourth-order valence-corrected chi connectivity index (χ4v) is 33.9. The van der Waals surface area contributed by atoms with Gasteiger partial charge in [-0.2, -0.15) is 0 Å². The van der Waals surface area contributed by atoms with E-state index in [4.69, 9.17) is 0 Å². The number of halogens is 2. The molecule has 2 rings (SSSR count). The molecule has 0 nitrogen and oxygen atoms in total. The van der Waals surface area contributed by atoms with Crippen molar-refractivity contribution in [2.75, 3.05) is 0 Å². The first-order chi connectivity index (χ1) is 10.3. The van der Waals surface area contributed by atoms with Gasteiger partial charge in [-0.3, -0.25) is 0 Å². The van der Waals surface area contributed by atoms with Crippen molar-refractivity contribution in [2.45, 2.75) is 75.5 Å². The van der Waals surface area contributed by atoms with Crippen LogP contribution in [-0.4, -0.2) is 6.88 Å². The fraction of sp³-hybridized carbons (Fsp3) is 0.600. The van der Waals surface area contributed by atoms with Crippen molar-refractivity contribution >= 4 is 31.7 Å². The van der Waals surface area contributed by atoms with Crippen molar-refractivity contribution in [1.82, 2.24) is 0 Å². The van der Waals surface area contributed by atoms with Crippen LogP contribution in [0.4, 0.5) is 0 Å². The molecule has 0 saturated carbocycles. The minimum absolute atomic E-state index is 0. The van der Waals surface area contributed by atoms with E-state index in [0.717, 1.165) is 0 Å². The van der Waals surface area contributed by atoms with Crippen LogP contribution in [0, 0.1) is 0 Å². The molecule has 0 radical (unpaired) electrons. The van der Waals surface area contributed by atoms with Gasteiger partial charge in [0.1, 0.15) is 0 Å². The van der Waals surface area contributed by atoms with E-state index < -0.39 is 17.4 Å². The Morgan fingerprint density at radius 2 is 1.12 bits per heavy atom. The largest absolute Gasteiger partial charge is 0.147 e. The third-order valence-corrected chi connectivity index (χ3v) is 34.3. The Morgan fingerprint density at radius 1 is 0.792 bits per heavy atom. The van der Waals surface area contributed by atoms with Crippen LogP contribution in [0.5, 0.6) is 0 Å². The summed E-state index contributed by atoms with van der Waals surface area (Å²) in [7, 11) is 0. The van der Waals surface area contributed by atoms with Crippen LogP contribution in [0.15, 0.2) is 41.0 Å². The third kappa shape index (κ3) is 4.13. The number of allylic oxidation sites excluding steroid dienone is 8. The maximum atomic E-state index is 2.52. The van der Waals surface area contributed by atoms with Crippen LogP contribution in [0.25, 0.3) is 0 Å². The molecule has 138 valence electrons. The molecule has 0 saturated heterocycles. The van der Waals surface area contributed by atoms with Crippen molar-refractivity contribution in [3.8, 4) is 0 Å². The van der Waals surface area contributed by atoms with Crippen molar-refractivity contribution in [3.05, 3.63) is 41.0 Å². The molecule has 24 heavy (non-hydrogen) atoms. The average molecular weight is 467 g/mol. The second kappa shape index (κ2) is 9.03. The summed E-state index contributed by atoms with van der Waals surface area (Å²) in [5.74, 6) is 0. The van der Waals surface area contributed by atoms with E-state index in [-0.39, 0.29) is 24.8 Å². The van der Waals surface area contributed by atoms with Gasteiger partial charge < -0.3 is 0 Å². The van der Waals surface area contributed by atoms with Gasteiger partial charge in [0.2, 0.25) is 0 Å². The number of hydrogen-bond acceptors (Lipinski definition) is 0. The van der Waals surface area contributed by atoms with E-state index in [2.05, 4.69) is 60.6 Å². The van der Waals surface area contributed by atoms with Gasteiger partial charge in [-0.15, -0.1) is 24.8 Å². The van der Waals surface area contributed by atoms with Crippen molar-refractivity contribution in [3.63, 3.8) is 0 Å². The molecule has 0 N–H and O–H groups in total. The summed E-state index contributed by atoms with van der Waals surface area (Å²) in [6, 6.07) is 0. The van der Waals surface area contributed by atoms with E-state index in [1.165, 1.54) is 33.9 Å². The summed E-state index contributed by atoms with van der Waals surface area (Å²) in [6.07, 6.45) is 10.2. The molecule has 4 heteroatoms. The van der Waals surface area contributed by atoms with Crippen molar-refractivity contribution < 1.29 is 17.4 Å². The van der Waals surface area contributed by atoms with Crippen LogP contribution in [0.1, 0.15) is 67.2 Å². The standard InChI is InChI=1S/2C7H9.2C3H7.2ClH.H2Si.Zr/c2*1-6-3-4-7(2)5-6;2*1-3-2;;;;/h2*5H,3H2,1-2H3;2*1,3H2,2H3;2*1H;1H2;. The fourth-order valence-electron chi connectivity index (χ4n) is 5.47. The molecule has 0 aromatic heterocycles. The Morgan fingerprint density at radius 3 is 1.33 bits per heavy atom. The second-order valence-corrected chi connectivity index (χ2v) is 33.1. The Hall–Kier alpha value is 0.640. The number of hydrogen-bond donors (Lipinski definition) is 0. The van der Waals surface area contributed by atoms with E-state index in [1.54, 1.807) is 22.3 Å². The molecule has 0 unspecified atom stereocenters. The predicted molar refractivity (Wildman–Crippen MR) is 115 cm³/mol. The van der Waals surface area contributed by atoms with E-state index in [0.29, 0.717) is 0 Å². The van der Waals surface area contributed by atoms with E-state index in [1.807, 2.05) is 6.56 Å². The van der Waals surface area contributed by atoms with Gasteiger partial charge in [-0.25, -0.2) is 0 Å². The molecule has 0 spiro atoms. The normalized spacial score (nSPS) is 18.3. The zero-order chi connectivity index (χ0) is 16.6. The summed E-state index contributed by atoms with van der Waals surface area (Å²) in [5.41, 5.74) is 6.44. The Kier molecular flexibility index (Phi) is 9.27. The van der Waals surface area contributed by atoms with Crippen LogP contribution < -0.4 is 0 Å². The van der Waals surface area contributed by atoms with Gasteiger partial charge in [-0.1, -0.05) is 0 Å². The molecule has 0 bridgehead atoms. The minimum Gasteiger partial charge on any atom is -0.147 e. The van der Waals surface area contributed by atoms with Gasteiger partial charge in [0.25, 0.3) is 0 Å². The molecule has 0 aromatic carbocycles. The predicted octanol–water partition coefficient (Wildman–Crippen LogP) is 6.97. The molecule has 2 aliphatic carbocycles. The Bertz CT molecular complexity index is 620. The Balaban J connectivity index is 0.00000264. The zero-order valence-corrected chi connectivity index (χ0v) is 21.9. The topological polar surface area (TPSA) is 0 Å². The maximum absolute atomic E-state index is 3.06. The summed E-state index contributed by atoms with van der Waals surface area (Å²) < 4.78 is 6.85. The molecule has 0 aliphatic heterocycles. The summed E-state index contributed by atoms with van der Waals surface area (Å²) in [5, 5.41) is 0. The van der Waals surface area contributed by atoms with Gasteiger partial charge in [0.05, 0.1) is 0 Å². The van der Waals surface area contributed by atoms with Crippen LogP contribution in [-0.2, 0) is 17.4 Å². The number of rotatable bonds is 6. The molecule has 0 atom stereocenters. The van der Waals surface area contributed by atoms with Gasteiger partial charge in [0, 0.05) is 0 Å². The van der Waals surface area contributed by atoms with Crippen molar-refractivity contribution in [2.24, 2.45) is 0 Å². The first-order valence-corrected chi connectivity index (χ1v) is 20.9. The maximum Gasteiger partial charge on any atom is -0.147 e. The SMILES string of the molecule is CC[CH2][Zr](=[SiH2])([CH2]CC)([C]1=C(C)C=C(C)C1)[C]1=C(C)C=C(C)C1.Cl.Cl. The minimum atomic E-state index is -3.06. The monoisotopic (exact) mass is 464 g/mol. The summed E-state index contributed by atoms with van der Waals surface area (Å²) in [4.78, 5) is 0. The van der Waals surface area contributed by atoms with Crippen LogP contribution in [0.2, 0.25) is 8.26 Å².